The second-order valence-corrected chi connectivity index (χ2v) is 27.5. The lowest BCUT2D eigenvalue weighted by atomic mass is 9.94. The first-order valence-corrected chi connectivity index (χ1v) is 23.2. The van der Waals surface area contributed by atoms with Crippen LogP contribution in [0.25, 0.3) is 54.4 Å². The molecule has 1 heterocycles. The summed E-state index contributed by atoms with van der Waals surface area (Å²) >= 11 is 0. The van der Waals surface area contributed by atoms with Crippen molar-refractivity contribution in [2.75, 3.05) is 0 Å². The van der Waals surface area contributed by atoms with E-state index in [9.17, 15) is 0 Å². The second-order valence-electron chi connectivity index (χ2n) is 16.4. The maximum absolute atomic E-state index is 5.58. The number of fused-ring (bicyclic) bond motifs is 6. The van der Waals surface area contributed by atoms with Gasteiger partial charge in [0.15, 0.2) is 0 Å². The smallest absolute Gasteiger partial charge is 0.146 e. The number of hydrogen-bond acceptors (Lipinski definition) is 2. The van der Waals surface area contributed by atoms with Crippen molar-refractivity contribution in [2.24, 2.45) is 0 Å². The fraction of sp³-hybridized carbons (Fsp3) is 0.391. The van der Waals surface area contributed by atoms with Crippen molar-refractivity contribution in [3.63, 3.8) is 0 Å². The third-order valence-electron chi connectivity index (χ3n) is 12.0. The highest BCUT2D eigenvalue weighted by Crippen LogP contribution is 2.43. The van der Waals surface area contributed by atoms with Crippen LogP contribution in [0.4, 0.5) is 0 Å². The molecule has 256 valence electrons. The van der Waals surface area contributed by atoms with Gasteiger partial charge in [-0.2, -0.15) is 0 Å². The average molecular weight is 691 g/mol. The van der Waals surface area contributed by atoms with Crippen LogP contribution in [0.5, 0.6) is 0 Å². The van der Waals surface area contributed by atoms with Gasteiger partial charge in [0.2, 0.25) is 0 Å². The number of nitrogens with zero attached hydrogens (tertiary/aromatic N) is 2. The zero-order valence-corrected chi connectivity index (χ0v) is 34.3. The van der Waals surface area contributed by atoms with Gasteiger partial charge in [0.1, 0.15) is 27.2 Å². The van der Waals surface area contributed by atoms with E-state index in [1.807, 2.05) is 0 Å². The monoisotopic (exact) mass is 690 g/mol. The molecule has 50 heavy (non-hydrogen) atoms. The predicted octanol–water partition coefficient (Wildman–Crippen LogP) is 13.4. The number of aromatic nitrogens is 2. The first-order chi connectivity index (χ1) is 23.7. The van der Waals surface area contributed by atoms with E-state index in [1.54, 1.807) is 0 Å². The predicted molar refractivity (Wildman–Crippen MR) is 225 cm³/mol. The van der Waals surface area contributed by atoms with E-state index in [0.29, 0.717) is 33.2 Å². The van der Waals surface area contributed by atoms with Gasteiger partial charge in [0.05, 0.1) is 22.2 Å². The summed E-state index contributed by atoms with van der Waals surface area (Å²) in [6.07, 6.45) is 0. The SMILES string of the molecule is CC(C)[Si](C#Cc1c2cc3ccccc3cc2c(C#C[Si](C(C)C)(C(C)C)C(C)C)c2nc3c(ccc4ccccc43)nc12)(C(C)C)C(C)C. The van der Waals surface area contributed by atoms with Gasteiger partial charge in [-0.15, -0.1) is 11.1 Å². The highest BCUT2D eigenvalue weighted by atomic mass is 28.3. The topological polar surface area (TPSA) is 25.8 Å². The normalized spacial score (nSPS) is 12.8. The van der Waals surface area contributed by atoms with Crippen molar-refractivity contribution in [2.45, 2.75) is 116 Å². The second kappa shape index (κ2) is 13.6. The Morgan fingerprint density at radius 2 is 0.820 bits per heavy atom. The van der Waals surface area contributed by atoms with Gasteiger partial charge in [-0.3, -0.25) is 0 Å². The molecule has 0 bridgehead atoms. The van der Waals surface area contributed by atoms with E-state index in [1.165, 1.54) is 16.2 Å². The van der Waals surface area contributed by atoms with Crippen molar-refractivity contribution in [3.8, 4) is 22.9 Å². The number of hydrogen-bond donors (Lipinski definition) is 0. The largest absolute Gasteiger partial charge is 0.243 e. The highest BCUT2D eigenvalue weighted by Gasteiger charge is 2.43. The van der Waals surface area contributed by atoms with Crippen molar-refractivity contribution in [1.29, 1.82) is 0 Å². The molecule has 5 aromatic carbocycles. The van der Waals surface area contributed by atoms with Crippen LogP contribution < -0.4 is 0 Å². The molecule has 0 aliphatic carbocycles. The molecule has 0 spiro atoms. The maximum Gasteiger partial charge on any atom is 0.146 e. The van der Waals surface area contributed by atoms with E-state index in [-0.39, 0.29) is 0 Å². The van der Waals surface area contributed by atoms with E-state index in [0.717, 1.165) is 49.4 Å². The Hall–Kier alpha value is -3.97. The maximum atomic E-state index is 5.58. The summed E-state index contributed by atoms with van der Waals surface area (Å²) in [6.45, 7) is 28.6. The van der Waals surface area contributed by atoms with Gasteiger partial charge < -0.3 is 0 Å². The van der Waals surface area contributed by atoms with E-state index in [4.69, 9.17) is 9.97 Å². The first kappa shape index (κ1) is 35.8. The fourth-order valence-corrected chi connectivity index (χ4v) is 19.9. The molecule has 6 rings (SSSR count). The van der Waals surface area contributed by atoms with Gasteiger partial charge in [0, 0.05) is 16.2 Å². The zero-order chi connectivity index (χ0) is 36.1. The molecule has 0 saturated heterocycles. The van der Waals surface area contributed by atoms with Crippen molar-refractivity contribution in [3.05, 3.63) is 83.9 Å². The minimum Gasteiger partial charge on any atom is -0.243 e. The number of rotatable bonds is 6. The molecule has 0 amide bonds. The summed E-state index contributed by atoms with van der Waals surface area (Å²) in [5, 5.41) is 6.96. The van der Waals surface area contributed by atoms with Crippen molar-refractivity contribution >= 4 is 70.5 Å². The summed E-state index contributed by atoms with van der Waals surface area (Å²) in [6, 6.07) is 26.2. The van der Waals surface area contributed by atoms with Crippen LogP contribution in [0.15, 0.2) is 72.8 Å². The molecule has 0 radical (unpaired) electrons. The minimum atomic E-state index is -2.06. The van der Waals surface area contributed by atoms with Gasteiger partial charge in [0.25, 0.3) is 0 Å². The van der Waals surface area contributed by atoms with Crippen LogP contribution in [0.2, 0.25) is 33.2 Å². The van der Waals surface area contributed by atoms with Crippen molar-refractivity contribution < 1.29 is 0 Å². The van der Waals surface area contributed by atoms with Crippen LogP contribution in [0, 0.1) is 22.9 Å². The Kier molecular flexibility index (Phi) is 9.77. The molecule has 6 aromatic rings. The molecule has 0 N–H and O–H groups in total. The Bertz CT molecular complexity index is 2330. The minimum absolute atomic E-state index is 0.524. The summed E-state index contributed by atoms with van der Waals surface area (Å²) in [7, 11) is -4.11. The van der Waals surface area contributed by atoms with Crippen LogP contribution in [0.1, 0.15) is 94.2 Å². The average Bonchev–Trinajstić information content (AvgIpc) is 3.06. The molecule has 0 atom stereocenters. The van der Waals surface area contributed by atoms with Crippen LogP contribution >= 0.6 is 0 Å². The molecule has 0 aliphatic heterocycles. The Labute approximate surface area is 302 Å². The third kappa shape index (κ3) is 5.76. The quantitative estimate of drug-likeness (QED) is 0.0752. The molecular formula is C46H54N2Si2. The molecule has 4 heteroatoms. The highest BCUT2D eigenvalue weighted by molar-refractivity contribution is 6.91. The lowest BCUT2D eigenvalue weighted by Gasteiger charge is -2.38. The summed E-state index contributed by atoms with van der Waals surface area (Å²) in [5.74, 6) is 7.82. The van der Waals surface area contributed by atoms with Crippen LogP contribution in [-0.4, -0.2) is 26.1 Å². The lowest BCUT2D eigenvalue weighted by Crippen LogP contribution is -2.43. The van der Waals surface area contributed by atoms with Crippen LogP contribution in [0.3, 0.4) is 0 Å². The molecule has 0 aliphatic rings. The van der Waals surface area contributed by atoms with Gasteiger partial charge >= 0.3 is 0 Å². The molecule has 0 saturated carbocycles. The molecular weight excluding hydrogens is 637 g/mol. The summed E-state index contributed by atoms with van der Waals surface area (Å²) in [4.78, 5) is 11.1. The molecule has 1 aromatic heterocycles. The number of benzene rings is 5. The standard InChI is InChI=1S/C46H54N2Si2/c1-29(2)49(30(3)4,31(5)6)25-23-39-41-27-36-18-13-14-19-37(36)28-42(41)40(24-26-50(32(7)8,33(9)10)34(11)12)46-45(39)47-43-22-21-35-17-15-16-20-38(35)44(43)48-46/h13-22,27-34H,1-12H3. The van der Waals surface area contributed by atoms with Gasteiger partial charge in [-0.05, 0) is 67.6 Å². The fourth-order valence-electron chi connectivity index (χ4n) is 9.51. The van der Waals surface area contributed by atoms with E-state index >= 15 is 0 Å². The molecule has 2 nitrogen and oxygen atoms in total. The molecule has 0 fully saturated rings. The summed E-state index contributed by atoms with van der Waals surface area (Å²) in [5.41, 5.74) is 16.9. The third-order valence-corrected chi connectivity index (χ3v) is 24.6. The van der Waals surface area contributed by atoms with Gasteiger partial charge in [-0.1, -0.05) is 150 Å². The van der Waals surface area contributed by atoms with E-state index < -0.39 is 16.1 Å². The Morgan fingerprint density at radius 1 is 0.420 bits per heavy atom. The van der Waals surface area contributed by atoms with Gasteiger partial charge in [-0.25, -0.2) is 9.97 Å². The molecule has 0 unspecified atom stereocenters. The Morgan fingerprint density at radius 3 is 1.26 bits per heavy atom. The Balaban J connectivity index is 1.87. The zero-order valence-electron chi connectivity index (χ0n) is 32.3. The summed E-state index contributed by atoms with van der Waals surface area (Å²) < 4.78 is 0. The van der Waals surface area contributed by atoms with Crippen molar-refractivity contribution in [1.82, 2.24) is 9.97 Å². The van der Waals surface area contributed by atoms with E-state index in [2.05, 4.69) is 179 Å². The lowest BCUT2D eigenvalue weighted by molar-refractivity contribution is 0.838. The first-order valence-electron chi connectivity index (χ1n) is 18.8. The van der Waals surface area contributed by atoms with Crippen LogP contribution in [-0.2, 0) is 0 Å².